The zero-order valence-corrected chi connectivity index (χ0v) is 19.6. The fourth-order valence-electron chi connectivity index (χ4n) is 4.63. The van der Waals surface area contributed by atoms with Crippen molar-refractivity contribution in [2.24, 2.45) is 4.99 Å². The molecule has 2 aliphatic heterocycles. The van der Waals surface area contributed by atoms with Gasteiger partial charge in [0.2, 0.25) is 5.90 Å². The molecule has 5 rings (SSSR count). The van der Waals surface area contributed by atoms with Crippen LogP contribution in [0.2, 0.25) is 0 Å². The Labute approximate surface area is 205 Å². The molecule has 35 heavy (non-hydrogen) atoms. The summed E-state index contributed by atoms with van der Waals surface area (Å²) in [6, 6.07) is 25.3. The van der Waals surface area contributed by atoms with Crippen LogP contribution in [-0.4, -0.2) is 42.7 Å². The number of hydrogen-bond donors (Lipinski definition) is 1. The third-order valence-corrected chi connectivity index (χ3v) is 6.43. The van der Waals surface area contributed by atoms with Gasteiger partial charge < -0.3 is 19.5 Å². The van der Waals surface area contributed by atoms with Gasteiger partial charge in [0.05, 0.1) is 12.3 Å². The second kappa shape index (κ2) is 9.76. The largest absolute Gasteiger partial charge is 0.494 e. The maximum absolute atomic E-state index is 13.8. The first-order valence-electron chi connectivity index (χ1n) is 11.8. The molecule has 0 fully saturated rings. The maximum atomic E-state index is 13.8. The quantitative estimate of drug-likeness (QED) is 0.483. The van der Waals surface area contributed by atoms with Gasteiger partial charge in [0.15, 0.2) is 11.6 Å². The van der Waals surface area contributed by atoms with Crippen molar-refractivity contribution in [3.05, 3.63) is 102 Å². The minimum Gasteiger partial charge on any atom is -0.494 e. The van der Waals surface area contributed by atoms with Crippen LogP contribution < -0.4 is 9.64 Å². The molecular weight excluding hydrogens is 440 g/mol. The molecule has 1 N–H and O–H groups in total. The van der Waals surface area contributed by atoms with Gasteiger partial charge >= 0.3 is 0 Å². The molecular formula is C29H28N2O4. The number of aliphatic imine (C=N–C) groups is 1. The zero-order valence-electron chi connectivity index (χ0n) is 19.6. The van der Waals surface area contributed by atoms with Gasteiger partial charge in [0.25, 0.3) is 5.91 Å². The molecule has 3 aromatic rings. The first-order chi connectivity index (χ1) is 17.1. The standard InChI is InChI=1S/C29H28N2O4/c1-31-25-13-6-5-12-24(25)26-29(28(31)33,18-7-11-21-9-3-2-4-10-21)30-27(35-26)22-14-16-23(17-15-22)34-20-8-19-32/h2-7,9-17,26,32H,8,18-20H2,1H3/b11-7+/t26-,29-/m0/s1. The van der Waals surface area contributed by atoms with Gasteiger partial charge in [-0.25, -0.2) is 4.99 Å². The van der Waals surface area contributed by atoms with Crippen LogP contribution >= 0.6 is 0 Å². The molecule has 3 aromatic carbocycles. The fourth-order valence-corrected chi connectivity index (χ4v) is 4.63. The molecule has 0 aliphatic carbocycles. The number of carbonyl (C=O) groups is 1. The number of ether oxygens (including phenoxy) is 2. The Morgan fingerprint density at radius 3 is 2.57 bits per heavy atom. The van der Waals surface area contributed by atoms with Gasteiger partial charge in [-0.05, 0) is 35.9 Å². The van der Waals surface area contributed by atoms with E-state index >= 15 is 0 Å². The Balaban J connectivity index is 1.49. The summed E-state index contributed by atoms with van der Waals surface area (Å²) in [6.45, 7) is 0.540. The SMILES string of the molecule is CN1C(=O)[C@@]2(C/C=C/c3ccccc3)N=C(c3ccc(OCCCO)cc3)O[C@H]2c2ccccc21. The van der Waals surface area contributed by atoms with Gasteiger partial charge in [-0.2, -0.15) is 0 Å². The van der Waals surface area contributed by atoms with Crippen LogP contribution in [0.25, 0.3) is 6.08 Å². The maximum Gasteiger partial charge on any atom is 0.259 e. The number of hydrogen-bond acceptors (Lipinski definition) is 5. The number of anilines is 1. The highest BCUT2D eigenvalue weighted by atomic mass is 16.5. The number of aliphatic hydroxyl groups is 1. The van der Waals surface area contributed by atoms with Crippen LogP contribution in [0.3, 0.4) is 0 Å². The zero-order chi connectivity index (χ0) is 24.3. The number of rotatable bonds is 8. The van der Waals surface area contributed by atoms with Crippen molar-refractivity contribution in [2.75, 3.05) is 25.2 Å². The van der Waals surface area contributed by atoms with E-state index in [1.54, 1.807) is 11.9 Å². The Morgan fingerprint density at radius 1 is 1.06 bits per heavy atom. The number of benzene rings is 3. The lowest BCUT2D eigenvalue weighted by Gasteiger charge is -2.39. The molecule has 0 spiro atoms. The molecule has 178 valence electrons. The van der Waals surface area contributed by atoms with E-state index in [9.17, 15) is 4.79 Å². The van der Waals surface area contributed by atoms with Crippen molar-refractivity contribution in [3.63, 3.8) is 0 Å². The van der Waals surface area contributed by atoms with E-state index in [1.165, 1.54) is 0 Å². The Bertz CT molecular complexity index is 1250. The first-order valence-corrected chi connectivity index (χ1v) is 11.8. The van der Waals surface area contributed by atoms with E-state index in [1.807, 2.05) is 91.0 Å². The third kappa shape index (κ3) is 4.33. The van der Waals surface area contributed by atoms with Gasteiger partial charge in [-0.1, -0.05) is 60.7 Å². The van der Waals surface area contributed by atoms with Crippen LogP contribution in [0.4, 0.5) is 5.69 Å². The molecule has 6 heteroatoms. The lowest BCUT2D eigenvalue weighted by Crippen LogP contribution is -2.52. The van der Waals surface area contributed by atoms with Crippen molar-refractivity contribution in [1.29, 1.82) is 0 Å². The predicted octanol–water partition coefficient (Wildman–Crippen LogP) is 4.78. The highest BCUT2D eigenvalue weighted by molar-refractivity contribution is 6.08. The third-order valence-electron chi connectivity index (χ3n) is 6.43. The molecule has 6 nitrogen and oxygen atoms in total. The van der Waals surface area contributed by atoms with E-state index in [-0.39, 0.29) is 12.5 Å². The average Bonchev–Trinajstić information content (AvgIpc) is 3.30. The molecule has 2 atom stereocenters. The second-order valence-electron chi connectivity index (χ2n) is 8.73. The van der Waals surface area contributed by atoms with Crippen LogP contribution in [0.5, 0.6) is 5.75 Å². The van der Waals surface area contributed by atoms with Crippen molar-refractivity contribution < 1.29 is 19.4 Å². The summed E-state index contributed by atoms with van der Waals surface area (Å²) in [6.07, 6.45) is 4.50. The number of aliphatic hydroxyl groups excluding tert-OH is 1. The molecule has 2 heterocycles. The summed E-state index contributed by atoms with van der Waals surface area (Å²) < 4.78 is 12.1. The van der Waals surface area contributed by atoms with Crippen molar-refractivity contribution >= 4 is 23.6 Å². The van der Waals surface area contributed by atoms with Crippen molar-refractivity contribution in [3.8, 4) is 5.75 Å². The lowest BCUT2D eigenvalue weighted by atomic mass is 9.80. The van der Waals surface area contributed by atoms with Gasteiger partial charge in [-0.3, -0.25) is 4.79 Å². The molecule has 0 bridgehead atoms. The van der Waals surface area contributed by atoms with Crippen LogP contribution in [-0.2, 0) is 9.53 Å². The van der Waals surface area contributed by atoms with E-state index in [4.69, 9.17) is 19.6 Å². The normalized spacial score (nSPS) is 20.9. The molecule has 0 aromatic heterocycles. The van der Waals surface area contributed by atoms with Crippen LogP contribution in [0.15, 0.2) is 89.9 Å². The second-order valence-corrected chi connectivity index (χ2v) is 8.73. The monoisotopic (exact) mass is 468 g/mol. The highest BCUT2D eigenvalue weighted by Crippen LogP contribution is 2.50. The number of amides is 1. The molecule has 1 amide bonds. The summed E-state index contributed by atoms with van der Waals surface area (Å²) in [5, 5.41) is 8.95. The molecule has 0 saturated heterocycles. The fraction of sp³-hybridized carbons (Fsp3) is 0.241. The average molecular weight is 469 g/mol. The minimum atomic E-state index is -1.08. The van der Waals surface area contributed by atoms with E-state index in [0.29, 0.717) is 31.1 Å². The molecule has 0 saturated carbocycles. The lowest BCUT2D eigenvalue weighted by molar-refractivity contribution is -0.126. The number of likely N-dealkylation sites (N-methyl/N-ethyl adjacent to an activating group) is 1. The Kier molecular flexibility index (Phi) is 6.38. The Hall–Kier alpha value is -3.90. The smallest absolute Gasteiger partial charge is 0.259 e. The van der Waals surface area contributed by atoms with E-state index < -0.39 is 11.6 Å². The van der Waals surface area contributed by atoms with Gasteiger partial charge in [0.1, 0.15) is 5.75 Å². The predicted molar refractivity (Wildman–Crippen MR) is 137 cm³/mol. The molecule has 0 unspecified atom stereocenters. The number of fused-ring (bicyclic) bond motifs is 3. The van der Waals surface area contributed by atoms with E-state index in [0.717, 1.165) is 22.4 Å². The van der Waals surface area contributed by atoms with Crippen molar-refractivity contribution in [2.45, 2.75) is 24.5 Å². The van der Waals surface area contributed by atoms with E-state index in [2.05, 4.69) is 0 Å². The number of nitrogens with zero attached hydrogens (tertiary/aromatic N) is 2. The molecule has 2 aliphatic rings. The summed E-state index contributed by atoms with van der Waals surface area (Å²) in [5.74, 6) is 1.07. The summed E-state index contributed by atoms with van der Waals surface area (Å²) in [5.41, 5.74) is 2.56. The minimum absolute atomic E-state index is 0.0853. The summed E-state index contributed by atoms with van der Waals surface area (Å²) in [7, 11) is 1.80. The molecule has 0 radical (unpaired) electrons. The summed E-state index contributed by atoms with van der Waals surface area (Å²) in [4.78, 5) is 20.4. The van der Waals surface area contributed by atoms with Crippen molar-refractivity contribution in [1.82, 2.24) is 0 Å². The Morgan fingerprint density at radius 2 is 1.80 bits per heavy atom. The summed E-state index contributed by atoms with van der Waals surface area (Å²) >= 11 is 0. The number of para-hydroxylation sites is 1. The number of carbonyl (C=O) groups excluding carboxylic acids is 1. The topological polar surface area (TPSA) is 71.4 Å². The van der Waals surface area contributed by atoms with Crippen LogP contribution in [0, 0.1) is 0 Å². The first kappa shape index (κ1) is 22.9. The van der Waals surface area contributed by atoms with Gasteiger partial charge in [0, 0.05) is 37.6 Å². The van der Waals surface area contributed by atoms with Gasteiger partial charge in [-0.15, -0.1) is 0 Å². The highest BCUT2D eigenvalue weighted by Gasteiger charge is 2.57. The van der Waals surface area contributed by atoms with Crippen LogP contribution in [0.1, 0.15) is 35.6 Å².